The van der Waals surface area contributed by atoms with Crippen LogP contribution in [-0.2, 0) is 0 Å². The highest BCUT2D eigenvalue weighted by molar-refractivity contribution is 7.17. The van der Waals surface area contributed by atoms with Gasteiger partial charge in [-0.1, -0.05) is 41.1 Å². The van der Waals surface area contributed by atoms with Crippen LogP contribution in [0.2, 0.25) is 5.15 Å². The standard InChI is InChI=1S/C17H13ClN4O2S/c18-15-14(25-17(21-15)20-12-4-2-1-3-5-12)10-19-22-13-8-6-11(7-9-13)16(23)24/h1-10,22H,(H,20,21)(H,23,24)/b19-10+. The van der Waals surface area contributed by atoms with Crippen molar-refractivity contribution in [1.82, 2.24) is 4.98 Å². The molecule has 0 atom stereocenters. The molecular formula is C17H13ClN4O2S. The van der Waals surface area contributed by atoms with Gasteiger partial charge in [0.15, 0.2) is 10.3 Å². The fourth-order valence-electron chi connectivity index (χ4n) is 1.94. The van der Waals surface area contributed by atoms with Crippen LogP contribution >= 0.6 is 22.9 Å². The Morgan fingerprint density at radius 2 is 1.84 bits per heavy atom. The number of thiazole rings is 1. The summed E-state index contributed by atoms with van der Waals surface area (Å²) in [5.41, 5.74) is 4.64. The molecule has 2 aromatic carbocycles. The highest BCUT2D eigenvalue weighted by atomic mass is 35.5. The molecule has 3 aromatic rings. The molecule has 0 aliphatic heterocycles. The molecule has 0 bridgehead atoms. The number of carboxylic acids is 1. The maximum atomic E-state index is 10.8. The molecule has 1 aromatic heterocycles. The van der Waals surface area contributed by atoms with Crippen LogP contribution in [0.4, 0.5) is 16.5 Å². The van der Waals surface area contributed by atoms with Crippen molar-refractivity contribution in [3.63, 3.8) is 0 Å². The molecule has 0 radical (unpaired) electrons. The van der Waals surface area contributed by atoms with Crippen LogP contribution in [0.25, 0.3) is 0 Å². The Balaban J connectivity index is 1.64. The van der Waals surface area contributed by atoms with E-state index < -0.39 is 5.97 Å². The van der Waals surface area contributed by atoms with Crippen molar-refractivity contribution in [2.24, 2.45) is 5.10 Å². The number of hydrogen-bond acceptors (Lipinski definition) is 6. The number of benzene rings is 2. The van der Waals surface area contributed by atoms with E-state index in [0.717, 1.165) is 5.69 Å². The average molecular weight is 373 g/mol. The predicted octanol–water partition coefficient (Wildman–Crippen LogP) is 4.68. The van der Waals surface area contributed by atoms with Gasteiger partial charge in [-0.15, -0.1) is 0 Å². The lowest BCUT2D eigenvalue weighted by molar-refractivity contribution is 0.0697. The highest BCUT2D eigenvalue weighted by Gasteiger charge is 2.07. The van der Waals surface area contributed by atoms with E-state index in [9.17, 15) is 4.79 Å². The topological polar surface area (TPSA) is 86.6 Å². The molecule has 6 nitrogen and oxygen atoms in total. The van der Waals surface area contributed by atoms with Gasteiger partial charge >= 0.3 is 5.97 Å². The van der Waals surface area contributed by atoms with Gasteiger partial charge in [0.25, 0.3) is 0 Å². The van der Waals surface area contributed by atoms with Gasteiger partial charge in [0.2, 0.25) is 0 Å². The smallest absolute Gasteiger partial charge is 0.335 e. The van der Waals surface area contributed by atoms with Gasteiger partial charge in [0, 0.05) is 5.69 Å². The van der Waals surface area contributed by atoms with Crippen molar-refractivity contribution in [3.05, 3.63) is 70.2 Å². The molecule has 0 saturated carbocycles. The molecule has 0 fully saturated rings. The van der Waals surface area contributed by atoms with Crippen molar-refractivity contribution in [3.8, 4) is 0 Å². The normalized spacial score (nSPS) is 10.8. The number of anilines is 3. The summed E-state index contributed by atoms with van der Waals surface area (Å²) in [7, 11) is 0. The minimum Gasteiger partial charge on any atom is -0.478 e. The number of nitrogens with one attached hydrogen (secondary N) is 2. The van der Waals surface area contributed by atoms with Gasteiger partial charge in [-0.05, 0) is 36.4 Å². The van der Waals surface area contributed by atoms with E-state index >= 15 is 0 Å². The number of aromatic nitrogens is 1. The first-order chi connectivity index (χ1) is 12.1. The maximum Gasteiger partial charge on any atom is 0.335 e. The van der Waals surface area contributed by atoms with E-state index in [-0.39, 0.29) is 5.56 Å². The van der Waals surface area contributed by atoms with Crippen molar-refractivity contribution < 1.29 is 9.90 Å². The Labute approximate surface area is 152 Å². The van der Waals surface area contributed by atoms with Gasteiger partial charge in [0.1, 0.15) is 0 Å². The summed E-state index contributed by atoms with van der Waals surface area (Å²) >= 11 is 7.50. The Hall–Kier alpha value is -2.90. The third-order valence-corrected chi connectivity index (χ3v) is 4.45. The molecule has 0 aliphatic carbocycles. The van der Waals surface area contributed by atoms with Crippen molar-refractivity contribution in [2.75, 3.05) is 10.7 Å². The SMILES string of the molecule is O=C(O)c1ccc(N/N=C/c2sc(Nc3ccccc3)nc2Cl)cc1. The zero-order chi connectivity index (χ0) is 17.6. The summed E-state index contributed by atoms with van der Waals surface area (Å²) in [6, 6.07) is 15.9. The van der Waals surface area contributed by atoms with Crippen LogP contribution in [-0.4, -0.2) is 22.3 Å². The summed E-state index contributed by atoms with van der Waals surface area (Å²) in [6.07, 6.45) is 1.57. The van der Waals surface area contributed by atoms with E-state index in [4.69, 9.17) is 16.7 Å². The molecule has 3 rings (SSSR count). The molecule has 0 unspecified atom stereocenters. The molecule has 8 heteroatoms. The average Bonchev–Trinajstić information content (AvgIpc) is 2.95. The molecule has 0 aliphatic rings. The molecule has 0 saturated heterocycles. The highest BCUT2D eigenvalue weighted by Crippen LogP contribution is 2.27. The van der Waals surface area contributed by atoms with Crippen molar-refractivity contribution >= 4 is 51.6 Å². The fourth-order valence-corrected chi connectivity index (χ4v) is 2.99. The number of hydrogen-bond donors (Lipinski definition) is 3. The first-order valence-corrected chi connectivity index (χ1v) is 8.42. The number of hydrazone groups is 1. The van der Waals surface area contributed by atoms with Crippen LogP contribution in [0.5, 0.6) is 0 Å². The minimum absolute atomic E-state index is 0.219. The van der Waals surface area contributed by atoms with E-state index in [1.54, 1.807) is 18.3 Å². The Morgan fingerprint density at radius 3 is 2.52 bits per heavy atom. The second-order valence-electron chi connectivity index (χ2n) is 4.92. The first-order valence-electron chi connectivity index (χ1n) is 7.22. The molecule has 0 amide bonds. The summed E-state index contributed by atoms with van der Waals surface area (Å²) in [6.45, 7) is 0. The van der Waals surface area contributed by atoms with E-state index in [1.807, 2.05) is 30.3 Å². The number of aromatic carboxylic acids is 1. The number of para-hydroxylation sites is 1. The van der Waals surface area contributed by atoms with E-state index in [1.165, 1.54) is 23.5 Å². The maximum absolute atomic E-state index is 10.8. The van der Waals surface area contributed by atoms with E-state index in [2.05, 4.69) is 20.8 Å². The molecule has 3 N–H and O–H groups in total. The first kappa shape index (κ1) is 16.9. The summed E-state index contributed by atoms with van der Waals surface area (Å²) in [5.74, 6) is -0.968. The summed E-state index contributed by atoms with van der Waals surface area (Å²) < 4.78 is 0. The lowest BCUT2D eigenvalue weighted by Crippen LogP contribution is -1.96. The summed E-state index contributed by atoms with van der Waals surface area (Å²) in [4.78, 5) is 15.8. The lowest BCUT2D eigenvalue weighted by atomic mass is 10.2. The number of nitrogens with zero attached hydrogens (tertiary/aromatic N) is 2. The van der Waals surface area contributed by atoms with Crippen LogP contribution in [0.15, 0.2) is 59.7 Å². The van der Waals surface area contributed by atoms with Crippen LogP contribution < -0.4 is 10.7 Å². The van der Waals surface area contributed by atoms with Gasteiger partial charge in [-0.2, -0.15) is 5.10 Å². The monoisotopic (exact) mass is 372 g/mol. The minimum atomic E-state index is -0.968. The number of rotatable bonds is 6. The third kappa shape index (κ3) is 4.56. The predicted molar refractivity (Wildman–Crippen MR) is 101 cm³/mol. The Morgan fingerprint density at radius 1 is 1.12 bits per heavy atom. The zero-order valence-electron chi connectivity index (χ0n) is 12.8. The second kappa shape index (κ2) is 7.78. The number of halogens is 1. The van der Waals surface area contributed by atoms with Gasteiger partial charge in [-0.3, -0.25) is 5.43 Å². The van der Waals surface area contributed by atoms with Crippen molar-refractivity contribution in [2.45, 2.75) is 0 Å². The molecule has 126 valence electrons. The van der Waals surface area contributed by atoms with Gasteiger partial charge in [0.05, 0.1) is 22.3 Å². The number of carbonyl (C=O) groups is 1. The molecule has 25 heavy (non-hydrogen) atoms. The Bertz CT molecular complexity index is 895. The van der Waals surface area contributed by atoms with Crippen LogP contribution in [0.3, 0.4) is 0 Å². The molecule has 0 spiro atoms. The van der Waals surface area contributed by atoms with Gasteiger partial charge < -0.3 is 10.4 Å². The largest absolute Gasteiger partial charge is 0.478 e. The summed E-state index contributed by atoms with van der Waals surface area (Å²) in [5, 5.41) is 17.2. The van der Waals surface area contributed by atoms with Gasteiger partial charge in [-0.25, -0.2) is 9.78 Å². The van der Waals surface area contributed by atoms with Crippen LogP contribution in [0, 0.1) is 0 Å². The molecule has 1 heterocycles. The second-order valence-corrected chi connectivity index (χ2v) is 6.31. The lowest BCUT2D eigenvalue weighted by Gasteiger charge is -2.00. The number of carboxylic acid groups (broad SMARTS) is 1. The quantitative estimate of drug-likeness (QED) is 0.432. The Kier molecular flexibility index (Phi) is 5.27. The molecular weight excluding hydrogens is 360 g/mol. The fraction of sp³-hybridized carbons (Fsp3) is 0. The van der Waals surface area contributed by atoms with Crippen molar-refractivity contribution in [1.29, 1.82) is 0 Å². The van der Waals surface area contributed by atoms with E-state index in [0.29, 0.717) is 20.8 Å². The van der Waals surface area contributed by atoms with Crippen LogP contribution in [0.1, 0.15) is 15.2 Å². The third-order valence-electron chi connectivity index (χ3n) is 3.14. The zero-order valence-corrected chi connectivity index (χ0v) is 14.4.